The molecule has 104 valence electrons. The van der Waals surface area contributed by atoms with Crippen LogP contribution in [0.4, 0.5) is 11.7 Å². The number of amides is 1. The lowest BCUT2D eigenvalue weighted by molar-refractivity contribution is -0.113. The van der Waals surface area contributed by atoms with Crippen LogP contribution in [0, 0.1) is 0 Å². The standard InChI is InChI=1S/C12H13N5O2S/c13-8-3-4-10(14-5-8)20-6-9(18)15-12-17-16-11(19-12)7-1-2-7/h3-5,7H,1-2,6,13H2,(H,15,17,18). The number of hydrogen-bond donors (Lipinski definition) is 2. The van der Waals surface area contributed by atoms with E-state index in [1.165, 1.54) is 11.8 Å². The zero-order valence-electron chi connectivity index (χ0n) is 10.6. The first kappa shape index (κ1) is 12.9. The van der Waals surface area contributed by atoms with E-state index >= 15 is 0 Å². The minimum Gasteiger partial charge on any atom is -0.408 e. The zero-order valence-corrected chi connectivity index (χ0v) is 11.4. The van der Waals surface area contributed by atoms with Crippen molar-refractivity contribution in [3.05, 3.63) is 24.2 Å². The summed E-state index contributed by atoms with van der Waals surface area (Å²) in [6.45, 7) is 0. The number of hydrogen-bond acceptors (Lipinski definition) is 7. The van der Waals surface area contributed by atoms with Gasteiger partial charge in [0.05, 0.1) is 22.7 Å². The Labute approximate surface area is 119 Å². The molecule has 1 aliphatic rings. The molecule has 0 radical (unpaired) electrons. The Morgan fingerprint density at radius 3 is 3.00 bits per heavy atom. The maximum Gasteiger partial charge on any atom is 0.322 e. The molecule has 0 aliphatic heterocycles. The summed E-state index contributed by atoms with van der Waals surface area (Å²) in [5, 5.41) is 11.0. The van der Waals surface area contributed by atoms with Crippen LogP contribution in [0.5, 0.6) is 0 Å². The second-order valence-corrected chi connectivity index (χ2v) is 5.48. The van der Waals surface area contributed by atoms with Gasteiger partial charge >= 0.3 is 6.01 Å². The largest absolute Gasteiger partial charge is 0.408 e. The molecule has 0 unspecified atom stereocenters. The number of nitrogens with one attached hydrogen (secondary N) is 1. The van der Waals surface area contributed by atoms with E-state index in [4.69, 9.17) is 10.2 Å². The number of anilines is 2. The van der Waals surface area contributed by atoms with E-state index in [9.17, 15) is 4.79 Å². The Bertz CT molecular complexity index is 609. The summed E-state index contributed by atoms with van der Waals surface area (Å²) < 4.78 is 5.35. The first-order chi connectivity index (χ1) is 9.70. The van der Waals surface area contributed by atoms with Gasteiger partial charge in [0, 0.05) is 5.92 Å². The maximum absolute atomic E-state index is 11.7. The highest BCUT2D eigenvalue weighted by molar-refractivity contribution is 7.99. The van der Waals surface area contributed by atoms with E-state index in [-0.39, 0.29) is 17.7 Å². The highest BCUT2D eigenvalue weighted by Gasteiger charge is 2.29. The molecular weight excluding hydrogens is 278 g/mol. The molecular formula is C12H13N5O2S. The number of carbonyl (C=O) groups excluding carboxylic acids is 1. The Hall–Kier alpha value is -2.09. The summed E-state index contributed by atoms with van der Waals surface area (Å²) in [4.78, 5) is 15.8. The van der Waals surface area contributed by atoms with Gasteiger partial charge in [-0.15, -0.1) is 5.10 Å². The van der Waals surface area contributed by atoms with Crippen LogP contribution in [-0.4, -0.2) is 26.8 Å². The maximum atomic E-state index is 11.7. The highest BCUT2D eigenvalue weighted by atomic mass is 32.2. The summed E-state index contributed by atoms with van der Waals surface area (Å²) >= 11 is 1.31. The van der Waals surface area contributed by atoms with Crippen LogP contribution in [0.3, 0.4) is 0 Å². The van der Waals surface area contributed by atoms with Crippen molar-refractivity contribution in [1.82, 2.24) is 15.2 Å². The fourth-order valence-electron chi connectivity index (χ4n) is 1.55. The molecule has 8 heteroatoms. The van der Waals surface area contributed by atoms with Crippen LogP contribution in [-0.2, 0) is 4.79 Å². The van der Waals surface area contributed by atoms with Crippen molar-refractivity contribution in [1.29, 1.82) is 0 Å². The van der Waals surface area contributed by atoms with E-state index in [1.807, 2.05) is 0 Å². The lowest BCUT2D eigenvalue weighted by atomic mass is 10.4. The lowest BCUT2D eigenvalue weighted by Crippen LogP contribution is -2.14. The first-order valence-electron chi connectivity index (χ1n) is 6.18. The Morgan fingerprint density at radius 1 is 1.45 bits per heavy atom. The summed E-state index contributed by atoms with van der Waals surface area (Å²) in [5.41, 5.74) is 6.13. The van der Waals surface area contributed by atoms with E-state index in [0.29, 0.717) is 17.5 Å². The van der Waals surface area contributed by atoms with Crippen LogP contribution < -0.4 is 11.1 Å². The number of carbonyl (C=O) groups is 1. The summed E-state index contributed by atoms with van der Waals surface area (Å²) in [5.74, 6) is 0.993. The van der Waals surface area contributed by atoms with E-state index in [2.05, 4.69) is 20.5 Å². The van der Waals surface area contributed by atoms with Crippen molar-refractivity contribution in [2.45, 2.75) is 23.8 Å². The van der Waals surface area contributed by atoms with Crippen molar-refractivity contribution >= 4 is 29.4 Å². The average molecular weight is 291 g/mol. The molecule has 1 aliphatic carbocycles. The molecule has 1 amide bonds. The predicted octanol–water partition coefficient (Wildman–Crippen LogP) is 1.66. The minimum atomic E-state index is -0.209. The highest BCUT2D eigenvalue weighted by Crippen LogP contribution is 2.39. The molecule has 0 bridgehead atoms. The molecule has 1 saturated carbocycles. The van der Waals surface area contributed by atoms with Gasteiger partial charge in [0.2, 0.25) is 11.8 Å². The monoisotopic (exact) mass is 291 g/mol. The molecule has 1 fully saturated rings. The smallest absolute Gasteiger partial charge is 0.322 e. The molecule has 0 spiro atoms. The molecule has 3 N–H and O–H groups in total. The molecule has 0 aromatic carbocycles. The first-order valence-corrected chi connectivity index (χ1v) is 7.17. The predicted molar refractivity (Wildman–Crippen MR) is 74.3 cm³/mol. The normalized spacial score (nSPS) is 14.2. The van der Waals surface area contributed by atoms with Crippen LogP contribution >= 0.6 is 11.8 Å². The van der Waals surface area contributed by atoms with Gasteiger partial charge in [0.1, 0.15) is 0 Å². The Kier molecular flexibility index (Phi) is 3.55. The Morgan fingerprint density at radius 2 is 2.30 bits per heavy atom. The second-order valence-electron chi connectivity index (χ2n) is 4.49. The SMILES string of the molecule is Nc1ccc(SCC(=O)Nc2nnc(C3CC3)o2)nc1. The third kappa shape index (κ3) is 3.27. The zero-order chi connectivity index (χ0) is 13.9. The molecule has 2 aromatic heterocycles. The van der Waals surface area contributed by atoms with Crippen molar-refractivity contribution < 1.29 is 9.21 Å². The number of nitrogens with two attached hydrogens (primary N) is 1. The summed E-state index contributed by atoms with van der Waals surface area (Å²) in [6, 6.07) is 3.67. The molecule has 0 saturated heterocycles. The van der Waals surface area contributed by atoms with Gasteiger partial charge in [-0.25, -0.2) is 4.98 Å². The molecule has 2 heterocycles. The number of nitrogen functional groups attached to an aromatic ring is 1. The van der Waals surface area contributed by atoms with Gasteiger partial charge in [-0.1, -0.05) is 16.9 Å². The minimum absolute atomic E-state index is 0.155. The van der Waals surface area contributed by atoms with Crippen molar-refractivity contribution in [3.63, 3.8) is 0 Å². The van der Waals surface area contributed by atoms with Gasteiger partial charge in [0.25, 0.3) is 0 Å². The number of rotatable bonds is 5. The van der Waals surface area contributed by atoms with Gasteiger partial charge in [0.15, 0.2) is 0 Å². The third-order valence-electron chi connectivity index (χ3n) is 2.72. The van der Waals surface area contributed by atoms with Crippen molar-refractivity contribution in [3.8, 4) is 0 Å². The van der Waals surface area contributed by atoms with Crippen LogP contribution in [0.2, 0.25) is 0 Å². The molecule has 0 atom stereocenters. The summed E-state index contributed by atoms with van der Waals surface area (Å²) in [6.07, 6.45) is 3.71. The second kappa shape index (κ2) is 5.49. The van der Waals surface area contributed by atoms with Crippen LogP contribution in [0.15, 0.2) is 27.8 Å². The van der Waals surface area contributed by atoms with Crippen molar-refractivity contribution in [2.75, 3.05) is 16.8 Å². The number of aromatic nitrogens is 3. The van der Waals surface area contributed by atoms with E-state index in [1.54, 1.807) is 18.3 Å². The van der Waals surface area contributed by atoms with E-state index < -0.39 is 0 Å². The Balaban J connectivity index is 1.49. The van der Waals surface area contributed by atoms with Crippen LogP contribution in [0.1, 0.15) is 24.7 Å². The van der Waals surface area contributed by atoms with Crippen LogP contribution in [0.25, 0.3) is 0 Å². The van der Waals surface area contributed by atoms with Gasteiger partial charge in [-0.2, -0.15) is 0 Å². The molecule has 2 aromatic rings. The molecule has 3 rings (SSSR count). The fourth-order valence-corrected chi connectivity index (χ4v) is 2.19. The molecule has 7 nitrogen and oxygen atoms in total. The average Bonchev–Trinajstić information content (AvgIpc) is 3.19. The van der Waals surface area contributed by atoms with Gasteiger partial charge < -0.3 is 10.2 Å². The summed E-state index contributed by atoms with van der Waals surface area (Å²) in [7, 11) is 0. The third-order valence-corrected chi connectivity index (χ3v) is 3.67. The quantitative estimate of drug-likeness (QED) is 0.806. The van der Waals surface area contributed by atoms with E-state index in [0.717, 1.165) is 17.9 Å². The topological polar surface area (TPSA) is 107 Å². The van der Waals surface area contributed by atoms with Gasteiger partial charge in [-0.3, -0.25) is 10.1 Å². The van der Waals surface area contributed by atoms with Gasteiger partial charge in [-0.05, 0) is 25.0 Å². The fraction of sp³-hybridized carbons (Fsp3) is 0.333. The number of pyridine rings is 1. The lowest BCUT2D eigenvalue weighted by Gasteiger charge is -2.01. The van der Waals surface area contributed by atoms with Crippen molar-refractivity contribution in [2.24, 2.45) is 0 Å². The number of thioether (sulfide) groups is 1. The molecule has 20 heavy (non-hydrogen) atoms. The number of nitrogens with zero attached hydrogens (tertiary/aromatic N) is 3.